The van der Waals surface area contributed by atoms with Crippen LogP contribution in [-0.2, 0) is 27.5 Å². The number of carbonyl (C=O) groups is 3. The minimum absolute atomic E-state index is 0.00728. The highest BCUT2D eigenvalue weighted by molar-refractivity contribution is 7.10. The van der Waals surface area contributed by atoms with Crippen LogP contribution in [0.2, 0.25) is 0 Å². The molecule has 1 aliphatic carbocycles. The number of nitrogens with zero attached hydrogens (tertiary/aromatic N) is 3. The van der Waals surface area contributed by atoms with Crippen LogP contribution in [0.1, 0.15) is 98.1 Å². The van der Waals surface area contributed by atoms with E-state index in [9.17, 15) is 50.9 Å². The minimum atomic E-state index is -4.92. The molecule has 0 spiro atoms. The number of hydrogen-bond acceptors (Lipinski definition) is 8. The number of carboxylic acids is 1. The Bertz CT molecular complexity index is 1930. The maximum Gasteiger partial charge on any atom is 0.425 e. The van der Waals surface area contributed by atoms with Crippen molar-refractivity contribution in [2.24, 2.45) is 5.41 Å². The highest BCUT2D eigenvalue weighted by Gasteiger charge is 2.57. The molecule has 3 aromatic rings. The molecule has 4 heterocycles. The van der Waals surface area contributed by atoms with E-state index in [2.05, 4.69) is 4.98 Å². The van der Waals surface area contributed by atoms with Crippen molar-refractivity contribution in [3.63, 3.8) is 0 Å². The molecule has 56 heavy (non-hydrogen) atoms. The Balaban J connectivity index is 1.31. The van der Waals surface area contributed by atoms with Crippen LogP contribution in [0.25, 0.3) is 0 Å². The quantitative estimate of drug-likeness (QED) is 0.198. The van der Waals surface area contributed by atoms with Crippen LogP contribution >= 0.6 is 11.3 Å². The van der Waals surface area contributed by atoms with Gasteiger partial charge in [-0.1, -0.05) is 31.5 Å². The molecule has 2 saturated heterocycles. The number of likely N-dealkylation sites (tertiary alicyclic amines) is 2. The summed E-state index contributed by atoms with van der Waals surface area (Å²) in [6.07, 6.45) is -7.33. The number of carbonyl (C=O) groups excluding carboxylic acids is 2. The number of carboxylic acid groups (broad SMARTS) is 1. The summed E-state index contributed by atoms with van der Waals surface area (Å²) in [5.41, 5.74) is -6.11. The molecule has 4 atom stereocenters. The largest absolute Gasteiger partial charge is 0.490 e. The highest BCUT2D eigenvalue weighted by Crippen LogP contribution is 2.46. The van der Waals surface area contributed by atoms with Gasteiger partial charge in [-0.05, 0) is 63.6 Å². The second-order valence-corrected chi connectivity index (χ2v) is 16.0. The van der Waals surface area contributed by atoms with E-state index < -0.39 is 75.0 Å². The smallest absolute Gasteiger partial charge is 0.425 e. The Morgan fingerprint density at radius 3 is 2.32 bits per heavy atom. The molecule has 0 bridgehead atoms. The summed E-state index contributed by atoms with van der Waals surface area (Å²) in [7, 11) is 0. The van der Waals surface area contributed by atoms with Gasteiger partial charge in [-0.25, -0.2) is 0 Å². The van der Waals surface area contributed by atoms with Crippen molar-refractivity contribution in [2.75, 3.05) is 19.6 Å². The fraction of sp³-hybridized carbons (Fsp3) is 0.538. The van der Waals surface area contributed by atoms with Crippen molar-refractivity contribution in [3.8, 4) is 11.5 Å². The minimum Gasteiger partial charge on any atom is -0.490 e. The van der Waals surface area contributed by atoms with Gasteiger partial charge in [-0.15, -0.1) is 11.3 Å². The lowest BCUT2D eigenvalue weighted by molar-refractivity contribution is -0.163. The Kier molecular flexibility index (Phi) is 11.4. The molecule has 2 amide bonds. The highest BCUT2D eigenvalue weighted by atomic mass is 32.1. The maximum atomic E-state index is 15.0. The van der Waals surface area contributed by atoms with Gasteiger partial charge < -0.3 is 29.5 Å². The molecule has 0 radical (unpaired) electrons. The van der Waals surface area contributed by atoms with Crippen LogP contribution in [0.4, 0.5) is 26.3 Å². The first-order valence-electron chi connectivity index (χ1n) is 18.5. The van der Waals surface area contributed by atoms with E-state index in [0.29, 0.717) is 41.9 Å². The standard InChI is InChI=1S/C39H43F6N3O7S/c1-3-8-29-37(55-25-21-30(56-23-25)39(43,44)45,13-7-18-48(29)32(49)31-27(38(40,41)42)10-6-17-46-31)33(50)47-19-15-36(53,16-20-47)26-9-4-5-11-28(26)54-24-12-14-35(2,22-24)34(51)52/h4-6,9-11,17,21,23-24,29,53H,3,7-8,12-16,18-20,22H2,1-2H3,(H,51,52). The number of pyridine rings is 1. The van der Waals surface area contributed by atoms with E-state index >= 15 is 0 Å². The molecule has 6 rings (SSSR count). The van der Waals surface area contributed by atoms with Crippen LogP contribution in [0.15, 0.2) is 54.0 Å². The number of para-hydroxylation sites is 1. The van der Waals surface area contributed by atoms with E-state index in [4.69, 9.17) is 9.47 Å². The van der Waals surface area contributed by atoms with Crippen molar-refractivity contribution in [2.45, 2.75) is 107 Å². The number of alkyl halides is 6. The van der Waals surface area contributed by atoms with Gasteiger partial charge in [0.2, 0.25) is 5.60 Å². The fourth-order valence-electron chi connectivity index (χ4n) is 8.31. The van der Waals surface area contributed by atoms with Crippen molar-refractivity contribution < 1.29 is 60.4 Å². The summed E-state index contributed by atoms with van der Waals surface area (Å²) in [6, 6.07) is 8.20. The third-order valence-electron chi connectivity index (χ3n) is 11.3. The summed E-state index contributed by atoms with van der Waals surface area (Å²) in [4.78, 5) is 46.2. The monoisotopic (exact) mass is 811 g/mol. The van der Waals surface area contributed by atoms with E-state index in [1.807, 2.05) is 0 Å². The first kappa shape index (κ1) is 41.3. The van der Waals surface area contributed by atoms with Gasteiger partial charge in [0.25, 0.3) is 11.8 Å². The lowest BCUT2D eigenvalue weighted by Gasteiger charge is -2.51. The van der Waals surface area contributed by atoms with Gasteiger partial charge in [0.15, 0.2) is 0 Å². The van der Waals surface area contributed by atoms with Crippen molar-refractivity contribution in [1.82, 2.24) is 14.8 Å². The van der Waals surface area contributed by atoms with E-state index in [0.717, 1.165) is 34.7 Å². The Morgan fingerprint density at radius 2 is 1.70 bits per heavy atom. The average Bonchev–Trinajstić information content (AvgIpc) is 3.79. The number of rotatable bonds is 10. The van der Waals surface area contributed by atoms with Crippen molar-refractivity contribution in [3.05, 3.63) is 75.7 Å². The molecule has 2 aliphatic heterocycles. The second-order valence-electron chi connectivity index (χ2n) is 15.1. The normalized spacial score (nSPS) is 25.5. The summed E-state index contributed by atoms with van der Waals surface area (Å²) < 4.78 is 95.9. The molecular formula is C39H43F6N3O7S. The lowest BCUT2D eigenvalue weighted by Crippen LogP contribution is -2.68. The Morgan fingerprint density at radius 1 is 0.982 bits per heavy atom. The molecule has 17 heteroatoms. The number of amides is 2. The second kappa shape index (κ2) is 15.5. The first-order valence-corrected chi connectivity index (χ1v) is 19.4. The van der Waals surface area contributed by atoms with Crippen LogP contribution in [-0.4, -0.2) is 80.2 Å². The Hall–Kier alpha value is -4.38. The zero-order chi connectivity index (χ0) is 40.7. The number of thiophene rings is 1. The molecule has 304 valence electrons. The lowest BCUT2D eigenvalue weighted by atomic mass is 9.78. The summed E-state index contributed by atoms with van der Waals surface area (Å²) >= 11 is 0.361. The topological polar surface area (TPSA) is 130 Å². The van der Waals surface area contributed by atoms with Crippen molar-refractivity contribution in [1.29, 1.82) is 0 Å². The molecule has 1 saturated carbocycles. The predicted octanol–water partition coefficient (Wildman–Crippen LogP) is 7.94. The number of ether oxygens (including phenoxy) is 2. The number of benzene rings is 1. The molecule has 1 aromatic carbocycles. The number of aliphatic hydroxyl groups is 1. The number of aliphatic carboxylic acids is 1. The van der Waals surface area contributed by atoms with Crippen LogP contribution in [0.5, 0.6) is 11.5 Å². The van der Waals surface area contributed by atoms with Gasteiger partial charge in [-0.3, -0.25) is 19.4 Å². The van der Waals surface area contributed by atoms with Crippen LogP contribution < -0.4 is 9.47 Å². The molecular weight excluding hydrogens is 768 g/mol. The SMILES string of the molecule is CCCC1N(C(=O)c2ncccc2C(F)(F)F)CCCC1(Oc1csc(C(F)(F)F)c1)C(=O)N1CCC(O)(c2ccccc2OC2CCC(C)(C(=O)O)C2)CC1. The van der Waals surface area contributed by atoms with Gasteiger partial charge in [0.05, 0.1) is 28.7 Å². The third-order valence-corrected chi connectivity index (χ3v) is 12.2. The molecule has 10 nitrogen and oxygen atoms in total. The fourth-order valence-corrected chi connectivity index (χ4v) is 8.98. The summed E-state index contributed by atoms with van der Waals surface area (Å²) in [5.74, 6) is -2.57. The maximum absolute atomic E-state index is 15.0. The van der Waals surface area contributed by atoms with E-state index in [1.54, 1.807) is 38.1 Å². The first-order chi connectivity index (χ1) is 26.3. The molecule has 2 aromatic heterocycles. The average molecular weight is 812 g/mol. The number of halogens is 6. The summed E-state index contributed by atoms with van der Waals surface area (Å²) in [5, 5.41) is 22.8. The molecule has 3 aliphatic rings. The zero-order valence-corrected chi connectivity index (χ0v) is 31.6. The summed E-state index contributed by atoms with van der Waals surface area (Å²) in [6.45, 7) is 3.26. The zero-order valence-electron chi connectivity index (χ0n) is 30.8. The van der Waals surface area contributed by atoms with Gasteiger partial charge in [0.1, 0.15) is 22.1 Å². The molecule has 2 N–H and O–H groups in total. The van der Waals surface area contributed by atoms with E-state index in [1.165, 1.54) is 4.90 Å². The number of aromatic nitrogens is 1. The number of hydrogen-bond donors (Lipinski definition) is 2. The third kappa shape index (κ3) is 8.06. The van der Waals surface area contributed by atoms with Gasteiger partial charge >= 0.3 is 18.3 Å². The molecule has 4 unspecified atom stereocenters. The van der Waals surface area contributed by atoms with Crippen LogP contribution in [0, 0.1) is 5.41 Å². The Labute approximate surface area is 323 Å². The predicted molar refractivity (Wildman–Crippen MR) is 191 cm³/mol. The van der Waals surface area contributed by atoms with Gasteiger partial charge in [-0.2, -0.15) is 26.3 Å². The van der Waals surface area contributed by atoms with Gasteiger partial charge in [0, 0.05) is 55.7 Å². The van der Waals surface area contributed by atoms with Crippen LogP contribution in [0.3, 0.4) is 0 Å². The molecule has 3 fully saturated rings. The van der Waals surface area contributed by atoms with Crippen molar-refractivity contribution >= 4 is 29.1 Å². The van der Waals surface area contributed by atoms with E-state index in [-0.39, 0.29) is 63.9 Å². The number of piperidine rings is 2.